The first-order valence-corrected chi connectivity index (χ1v) is 10.8. The number of aliphatic imine (C=N–C) groups is 1. The molecule has 1 aliphatic heterocycles. The first-order valence-electron chi connectivity index (χ1n) is 10.8. The summed E-state index contributed by atoms with van der Waals surface area (Å²) in [6, 6.07) is 14.6. The van der Waals surface area contributed by atoms with Crippen LogP contribution in [0.15, 0.2) is 58.1 Å². The minimum atomic E-state index is 0.246. The highest BCUT2D eigenvalue weighted by Crippen LogP contribution is 2.13. The first-order chi connectivity index (χ1) is 15.3. The number of hydrogen-bond acceptors (Lipinski definition) is 5. The topological polar surface area (TPSA) is 89.5 Å². The number of benzene rings is 1. The van der Waals surface area contributed by atoms with Crippen LogP contribution in [-0.4, -0.2) is 47.0 Å². The molecule has 31 heavy (non-hydrogen) atoms. The second kappa shape index (κ2) is 10.8. The van der Waals surface area contributed by atoms with E-state index in [-0.39, 0.29) is 6.04 Å². The molecule has 164 valence electrons. The number of methoxy groups -OCH3 is 1. The maximum atomic E-state index is 5.43. The van der Waals surface area contributed by atoms with Crippen molar-refractivity contribution in [3.05, 3.63) is 71.7 Å². The molecule has 1 atom stereocenters. The third-order valence-corrected chi connectivity index (χ3v) is 5.27. The van der Waals surface area contributed by atoms with Crippen molar-refractivity contribution in [1.29, 1.82) is 0 Å². The number of aryl methyl sites for hydroxylation is 1. The molecule has 2 N–H and O–H groups in total. The predicted molar refractivity (Wildman–Crippen MR) is 119 cm³/mol. The maximum Gasteiger partial charge on any atom is 0.191 e. The SMILES string of the molecule is COCc1nc2n(n1)CC(NC(=NCCc1ccco1)NCCc1ccccc1)CC2. The van der Waals surface area contributed by atoms with Gasteiger partial charge in [0, 0.05) is 39.1 Å². The Kier molecular flexibility index (Phi) is 7.33. The molecule has 0 radical (unpaired) electrons. The lowest BCUT2D eigenvalue weighted by atomic mass is 10.1. The van der Waals surface area contributed by atoms with E-state index >= 15 is 0 Å². The van der Waals surface area contributed by atoms with Crippen LogP contribution in [0.4, 0.5) is 0 Å². The summed E-state index contributed by atoms with van der Waals surface area (Å²) in [4.78, 5) is 9.34. The fraction of sp³-hybridized carbons (Fsp3) is 0.435. The summed E-state index contributed by atoms with van der Waals surface area (Å²) in [5.41, 5.74) is 1.31. The van der Waals surface area contributed by atoms with Crippen molar-refractivity contribution in [1.82, 2.24) is 25.4 Å². The van der Waals surface area contributed by atoms with Gasteiger partial charge in [0.2, 0.25) is 0 Å². The van der Waals surface area contributed by atoms with Gasteiger partial charge in [-0.2, -0.15) is 5.10 Å². The zero-order valence-corrected chi connectivity index (χ0v) is 18.0. The Morgan fingerprint density at radius 2 is 2.13 bits per heavy atom. The number of furan rings is 1. The second-order valence-electron chi connectivity index (χ2n) is 7.66. The van der Waals surface area contributed by atoms with Crippen molar-refractivity contribution in [2.45, 2.75) is 44.9 Å². The van der Waals surface area contributed by atoms with Gasteiger partial charge in [-0.05, 0) is 30.5 Å². The van der Waals surface area contributed by atoms with E-state index in [1.165, 1.54) is 5.56 Å². The van der Waals surface area contributed by atoms with E-state index in [9.17, 15) is 0 Å². The van der Waals surface area contributed by atoms with Crippen LogP contribution in [0.5, 0.6) is 0 Å². The lowest BCUT2D eigenvalue weighted by Gasteiger charge is -2.25. The lowest BCUT2D eigenvalue weighted by molar-refractivity contribution is 0.177. The van der Waals surface area contributed by atoms with Crippen LogP contribution in [0.1, 0.15) is 29.4 Å². The number of guanidine groups is 1. The van der Waals surface area contributed by atoms with Gasteiger partial charge in [-0.3, -0.25) is 4.99 Å². The molecule has 0 aliphatic carbocycles. The zero-order chi connectivity index (χ0) is 21.3. The van der Waals surface area contributed by atoms with Gasteiger partial charge >= 0.3 is 0 Å². The van der Waals surface area contributed by atoms with Crippen LogP contribution in [0, 0.1) is 0 Å². The zero-order valence-electron chi connectivity index (χ0n) is 18.0. The van der Waals surface area contributed by atoms with E-state index in [2.05, 4.69) is 45.0 Å². The molecule has 0 amide bonds. The molecule has 1 unspecified atom stereocenters. The van der Waals surface area contributed by atoms with Gasteiger partial charge in [0.1, 0.15) is 18.2 Å². The minimum absolute atomic E-state index is 0.246. The highest BCUT2D eigenvalue weighted by molar-refractivity contribution is 5.80. The highest BCUT2D eigenvalue weighted by Gasteiger charge is 2.22. The fourth-order valence-electron chi connectivity index (χ4n) is 3.72. The largest absolute Gasteiger partial charge is 0.469 e. The molecule has 4 rings (SSSR count). The Labute approximate surface area is 182 Å². The Bertz CT molecular complexity index is 952. The van der Waals surface area contributed by atoms with E-state index in [4.69, 9.17) is 14.1 Å². The van der Waals surface area contributed by atoms with E-state index in [0.29, 0.717) is 13.2 Å². The Morgan fingerprint density at radius 3 is 2.94 bits per heavy atom. The van der Waals surface area contributed by atoms with Crippen LogP contribution in [0.3, 0.4) is 0 Å². The number of ether oxygens (including phenoxy) is 1. The standard InChI is InChI=1S/C23H30N6O2/c1-30-17-21-27-22-10-9-19(16-29(22)28-21)26-23(25-14-12-20-8-5-15-31-20)24-13-11-18-6-3-2-4-7-18/h2-8,15,19H,9-14,16-17H2,1H3,(H2,24,25,26). The quantitative estimate of drug-likeness (QED) is 0.406. The molecule has 8 heteroatoms. The summed E-state index contributed by atoms with van der Waals surface area (Å²) in [6.07, 6.45) is 5.29. The van der Waals surface area contributed by atoms with Crippen LogP contribution in [0.25, 0.3) is 0 Å². The molecule has 3 aromatic rings. The van der Waals surface area contributed by atoms with E-state index < -0.39 is 0 Å². The highest BCUT2D eigenvalue weighted by atomic mass is 16.5. The maximum absolute atomic E-state index is 5.43. The van der Waals surface area contributed by atoms with Gasteiger partial charge in [0.25, 0.3) is 0 Å². The van der Waals surface area contributed by atoms with Gasteiger partial charge in [-0.1, -0.05) is 30.3 Å². The molecule has 1 aromatic carbocycles. The van der Waals surface area contributed by atoms with Crippen LogP contribution in [0.2, 0.25) is 0 Å². The molecule has 2 aromatic heterocycles. The fourth-order valence-corrected chi connectivity index (χ4v) is 3.72. The van der Waals surface area contributed by atoms with Gasteiger partial charge in [-0.15, -0.1) is 0 Å². The smallest absolute Gasteiger partial charge is 0.191 e. The van der Waals surface area contributed by atoms with Gasteiger partial charge in [0.05, 0.1) is 12.8 Å². The van der Waals surface area contributed by atoms with Crippen molar-refractivity contribution in [3.8, 4) is 0 Å². The number of aromatic nitrogens is 3. The van der Waals surface area contributed by atoms with Crippen LogP contribution in [-0.2, 0) is 37.2 Å². The van der Waals surface area contributed by atoms with Crippen molar-refractivity contribution in [2.75, 3.05) is 20.2 Å². The molecule has 0 saturated carbocycles. The molecule has 1 aliphatic rings. The molecule has 0 spiro atoms. The molecular formula is C23H30N6O2. The van der Waals surface area contributed by atoms with Gasteiger partial charge < -0.3 is 19.8 Å². The number of nitrogens with zero attached hydrogens (tertiary/aromatic N) is 4. The Morgan fingerprint density at radius 1 is 1.23 bits per heavy atom. The summed E-state index contributed by atoms with van der Waals surface area (Å²) in [5, 5.41) is 11.6. The first kappa shape index (κ1) is 21.1. The molecular weight excluding hydrogens is 392 g/mol. The summed E-state index contributed by atoms with van der Waals surface area (Å²) >= 11 is 0. The van der Waals surface area contributed by atoms with Crippen molar-refractivity contribution < 1.29 is 9.15 Å². The number of hydrogen-bond donors (Lipinski definition) is 2. The normalized spacial score (nSPS) is 16.2. The lowest BCUT2D eigenvalue weighted by Crippen LogP contribution is -2.47. The van der Waals surface area contributed by atoms with Crippen molar-refractivity contribution in [3.63, 3.8) is 0 Å². The molecule has 3 heterocycles. The second-order valence-corrected chi connectivity index (χ2v) is 7.66. The summed E-state index contributed by atoms with van der Waals surface area (Å²) < 4.78 is 12.6. The number of nitrogens with one attached hydrogen (secondary N) is 2. The summed E-state index contributed by atoms with van der Waals surface area (Å²) in [6.45, 7) is 2.69. The van der Waals surface area contributed by atoms with E-state index in [0.717, 1.165) is 62.1 Å². The molecule has 0 saturated heterocycles. The van der Waals surface area contributed by atoms with E-state index in [1.54, 1.807) is 13.4 Å². The molecule has 0 fully saturated rings. The van der Waals surface area contributed by atoms with Gasteiger partial charge in [0.15, 0.2) is 11.8 Å². The predicted octanol–water partition coefficient (Wildman–Crippen LogP) is 2.35. The Balaban J connectivity index is 1.35. The van der Waals surface area contributed by atoms with Crippen LogP contribution < -0.4 is 10.6 Å². The average Bonchev–Trinajstić information content (AvgIpc) is 3.44. The van der Waals surface area contributed by atoms with Gasteiger partial charge in [-0.25, -0.2) is 9.67 Å². The van der Waals surface area contributed by atoms with Crippen molar-refractivity contribution >= 4 is 5.96 Å². The van der Waals surface area contributed by atoms with Crippen molar-refractivity contribution in [2.24, 2.45) is 4.99 Å². The Hall–Kier alpha value is -3.13. The monoisotopic (exact) mass is 422 g/mol. The summed E-state index contributed by atoms with van der Waals surface area (Å²) in [7, 11) is 1.66. The third kappa shape index (κ3) is 6.18. The summed E-state index contributed by atoms with van der Waals surface area (Å²) in [5.74, 6) is 3.54. The minimum Gasteiger partial charge on any atom is -0.469 e. The molecule has 8 nitrogen and oxygen atoms in total. The number of fused-ring (bicyclic) bond motifs is 1. The molecule has 0 bridgehead atoms. The third-order valence-electron chi connectivity index (χ3n) is 5.27. The van der Waals surface area contributed by atoms with Crippen LogP contribution >= 0.6 is 0 Å². The van der Waals surface area contributed by atoms with E-state index in [1.807, 2.05) is 22.9 Å². The average molecular weight is 423 g/mol. The number of rotatable bonds is 9.